The summed E-state index contributed by atoms with van der Waals surface area (Å²) in [6, 6.07) is 8.60. The summed E-state index contributed by atoms with van der Waals surface area (Å²) in [7, 11) is -4.64. The van der Waals surface area contributed by atoms with Gasteiger partial charge in [-0.25, -0.2) is 25.9 Å². The zero-order chi connectivity index (χ0) is 26.7. The lowest BCUT2D eigenvalue weighted by Gasteiger charge is -2.26. The van der Waals surface area contributed by atoms with Crippen LogP contribution in [0.25, 0.3) is 0 Å². The Morgan fingerprint density at radius 1 is 0.944 bits per heavy atom. The third-order valence-electron chi connectivity index (χ3n) is 5.95. The number of amides is 1. The minimum absolute atomic E-state index is 0.00694. The van der Waals surface area contributed by atoms with Crippen LogP contribution in [0.3, 0.4) is 0 Å². The van der Waals surface area contributed by atoms with Gasteiger partial charge in [-0.1, -0.05) is 18.6 Å². The van der Waals surface area contributed by atoms with Crippen LogP contribution in [-0.4, -0.2) is 71.1 Å². The number of nitrogens with one attached hydrogen (secondary N) is 1. The highest BCUT2D eigenvalue weighted by molar-refractivity contribution is 7.89. The van der Waals surface area contributed by atoms with Gasteiger partial charge in [0.15, 0.2) is 6.61 Å². The van der Waals surface area contributed by atoms with E-state index in [9.17, 15) is 26.4 Å². The Morgan fingerprint density at radius 3 is 2.22 bits per heavy atom. The molecule has 0 aromatic heterocycles. The predicted molar refractivity (Wildman–Crippen MR) is 135 cm³/mol. The molecule has 1 fully saturated rings. The average Bonchev–Trinajstić information content (AvgIpc) is 2.84. The molecule has 3 rings (SSSR count). The molecule has 1 heterocycles. The molecule has 2 aromatic carbocycles. The molecular formula is C24H31N3O7S2. The van der Waals surface area contributed by atoms with Crippen LogP contribution < -0.4 is 5.32 Å². The van der Waals surface area contributed by atoms with Crippen LogP contribution in [0.1, 0.15) is 40.7 Å². The van der Waals surface area contributed by atoms with Crippen LogP contribution in [0.2, 0.25) is 0 Å². The van der Waals surface area contributed by atoms with Gasteiger partial charge in [0.05, 0.1) is 15.4 Å². The fraction of sp³-hybridized carbons (Fsp3) is 0.417. The molecule has 0 saturated carbocycles. The van der Waals surface area contributed by atoms with Crippen molar-refractivity contribution in [2.24, 2.45) is 0 Å². The number of sulfonamides is 2. The molecular weight excluding hydrogens is 506 g/mol. The summed E-state index contributed by atoms with van der Waals surface area (Å²) >= 11 is 0. The quantitative estimate of drug-likeness (QED) is 0.512. The van der Waals surface area contributed by atoms with Gasteiger partial charge in [-0.05, 0) is 62.1 Å². The lowest BCUT2D eigenvalue weighted by Crippen LogP contribution is -2.36. The molecule has 0 radical (unpaired) electrons. The van der Waals surface area contributed by atoms with E-state index in [4.69, 9.17) is 4.74 Å². The standard InChI is InChI=1S/C24H31N3O7S2/c1-17-9-11-20(35(30,31)26(3)4)15-21(17)25-23(28)16-34-24(29)19-10-8-18(2)22(14-19)36(32,33)27-12-6-5-7-13-27/h8-11,14-15H,5-7,12-13,16H2,1-4H3,(H,25,28). The smallest absolute Gasteiger partial charge is 0.338 e. The summed E-state index contributed by atoms with van der Waals surface area (Å²) in [5.74, 6) is -1.51. The van der Waals surface area contributed by atoms with Gasteiger partial charge in [0.2, 0.25) is 20.0 Å². The minimum atomic E-state index is -3.75. The van der Waals surface area contributed by atoms with Gasteiger partial charge in [0.1, 0.15) is 0 Å². The zero-order valence-corrected chi connectivity index (χ0v) is 22.4. The number of aryl methyl sites for hydroxylation is 2. The molecule has 0 atom stereocenters. The Bertz CT molecular complexity index is 1360. The number of ether oxygens (including phenoxy) is 1. The van der Waals surface area contributed by atoms with Gasteiger partial charge in [0, 0.05) is 32.9 Å². The number of hydrogen-bond acceptors (Lipinski definition) is 7. The molecule has 12 heteroatoms. The molecule has 1 amide bonds. The maximum absolute atomic E-state index is 13.1. The summed E-state index contributed by atoms with van der Waals surface area (Å²) in [4.78, 5) is 25.1. The zero-order valence-electron chi connectivity index (χ0n) is 20.8. The fourth-order valence-corrected chi connectivity index (χ4v) is 6.45. The monoisotopic (exact) mass is 537 g/mol. The number of carbonyl (C=O) groups excluding carboxylic acids is 2. The van der Waals surface area contributed by atoms with E-state index < -0.39 is 38.5 Å². The van der Waals surface area contributed by atoms with Crippen LogP contribution >= 0.6 is 0 Å². The van der Waals surface area contributed by atoms with E-state index in [1.807, 2.05) is 0 Å². The first kappa shape index (κ1) is 27.8. The van der Waals surface area contributed by atoms with Crippen LogP contribution in [0.4, 0.5) is 5.69 Å². The molecule has 0 spiro atoms. The number of nitrogens with zero attached hydrogens (tertiary/aromatic N) is 2. The lowest BCUT2D eigenvalue weighted by molar-refractivity contribution is -0.119. The SMILES string of the molecule is Cc1ccc(S(=O)(=O)N(C)C)cc1NC(=O)COC(=O)c1ccc(C)c(S(=O)(=O)N2CCCCC2)c1. The molecule has 0 unspecified atom stereocenters. The molecule has 10 nitrogen and oxygen atoms in total. The Labute approximate surface area is 212 Å². The van der Waals surface area contributed by atoms with Crippen LogP contribution in [0, 0.1) is 13.8 Å². The number of carbonyl (C=O) groups is 2. The van der Waals surface area contributed by atoms with Gasteiger partial charge >= 0.3 is 5.97 Å². The second-order valence-corrected chi connectivity index (χ2v) is 12.9. The number of piperidine rings is 1. The summed E-state index contributed by atoms with van der Waals surface area (Å²) < 4.78 is 58.5. The van der Waals surface area contributed by atoms with Crippen molar-refractivity contribution in [1.82, 2.24) is 8.61 Å². The highest BCUT2D eigenvalue weighted by atomic mass is 32.2. The highest BCUT2D eigenvalue weighted by Crippen LogP contribution is 2.25. The van der Waals surface area contributed by atoms with Crippen molar-refractivity contribution in [2.45, 2.75) is 42.9 Å². The topological polar surface area (TPSA) is 130 Å². The van der Waals surface area contributed by atoms with Crippen LogP contribution in [-0.2, 0) is 29.6 Å². The number of rotatable bonds is 8. The van der Waals surface area contributed by atoms with Crippen molar-refractivity contribution in [1.29, 1.82) is 0 Å². The number of esters is 1. The fourth-order valence-electron chi connectivity index (χ4n) is 3.76. The normalized spacial score (nSPS) is 15.0. The Balaban J connectivity index is 1.70. The van der Waals surface area contributed by atoms with Gasteiger partial charge in [-0.2, -0.15) is 4.31 Å². The van der Waals surface area contributed by atoms with E-state index in [2.05, 4.69) is 5.32 Å². The molecule has 1 saturated heterocycles. The van der Waals surface area contributed by atoms with Gasteiger partial charge in [0.25, 0.3) is 5.91 Å². The molecule has 0 bridgehead atoms. The van der Waals surface area contributed by atoms with Crippen molar-refractivity contribution >= 4 is 37.6 Å². The van der Waals surface area contributed by atoms with Gasteiger partial charge < -0.3 is 10.1 Å². The Hall–Kier alpha value is -2.80. The van der Waals surface area contributed by atoms with E-state index in [0.717, 1.165) is 23.6 Å². The number of benzene rings is 2. The second-order valence-electron chi connectivity index (χ2n) is 8.83. The summed E-state index contributed by atoms with van der Waals surface area (Å²) in [5.41, 5.74) is 1.42. The van der Waals surface area contributed by atoms with Crippen LogP contribution in [0.5, 0.6) is 0 Å². The summed E-state index contributed by atoms with van der Waals surface area (Å²) in [6.07, 6.45) is 2.56. The van der Waals surface area contributed by atoms with Crippen LogP contribution in [0.15, 0.2) is 46.2 Å². The summed E-state index contributed by atoms with van der Waals surface area (Å²) in [6.45, 7) is 3.60. The lowest BCUT2D eigenvalue weighted by atomic mass is 10.1. The average molecular weight is 538 g/mol. The molecule has 0 aliphatic carbocycles. The number of anilines is 1. The molecule has 1 aliphatic heterocycles. The van der Waals surface area contributed by atoms with E-state index in [-0.39, 0.29) is 21.0 Å². The largest absolute Gasteiger partial charge is 0.452 e. The Kier molecular flexibility index (Phi) is 8.55. The van der Waals surface area contributed by atoms with Crippen molar-refractivity contribution in [3.63, 3.8) is 0 Å². The molecule has 1 aliphatic rings. The third-order valence-corrected chi connectivity index (χ3v) is 9.80. The predicted octanol–water partition coefficient (Wildman–Crippen LogP) is 2.52. The summed E-state index contributed by atoms with van der Waals surface area (Å²) in [5, 5.41) is 2.55. The van der Waals surface area contributed by atoms with Gasteiger partial charge in [-0.15, -0.1) is 0 Å². The minimum Gasteiger partial charge on any atom is -0.452 e. The van der Waals surface area contributed by atoms with Crippen molar-refractivity contribution < 1.29 is 31.2 Å². The van der Waals surface area contributed by atoms with E-state index >= 15 is 0 Å². The van der Waals surface area contributed by atoms with Gasteiger partial charge in [-0.3, -0.25) is 4.79 Å². The first-order valence-corrected chi connectivity index (χ1v) is 14.3. The van der Waals surface area contributed by atoms with Crippen molar-refractivity contribution in [3.05, 3.63) is 53.1 Å². The van der Waals surface area contributed by atoms with E-state index in [0.29, 0.717) is 24.2 Å². The van der Waals surface area contributed by atoms with Crippen molar-refractivity contribution in [3.8, 4) is 0 Å². The second kappa shape index (κ2) is 11.1. The first-order chi connectivity index (χ1) is 16.8. The Morgan fingerprint density at radius 2 is 1.58 bits per heavy atom. The van der Waals surface area contributed by atoms with E-state index in [1.165, 1.54) is 48.7 Å². The molecule has 196 valence electrons. The van der Waals surface area contributed by atoms with Crippen molar-refractivity contribution in [2.75, 3.05) is 39.1 Å². The molecule has 1 N–H and O–H groups in total. The first-order valence-electron chi connectivity index (χ1n) is 11.4. The maximum Gasteiger partial charge on any atom is 0.338 e. The molecule has 2 aromatic rings. The third kappa shape index (κ3) is 6.12. The molecule has 36 heavy (non-hydrogen) atoms. The number of hydrogen-bond donors (Lipinski definition) is 1. The van der Waals surface area contributed by atoms with E-state index in [1.54, 1.807) is 19.9 Å². The maximum atomic E-state index is 13.1. The highest BCUT2D eigenvalue weighted by Gasteiger charge is 2.28.